The summed E-state index contributed by atoms with van der Waals surface area (Å²) >= 11 is 0. The molecular weight excluding hydrogens is 218 g/mol. The van der Waals surface area contributed by atoms with Crippen molar-refractivity contribution in [2.45, 2.75) is 44.8 Å². The number of nitrogens with zero attached hydrogens (tertiary/aromatic N) is 2. The molecule has 0 aromatic carbocycles. The smallest absolute Gasteiger partial charge is 0.218 e. The second-order valence-corrected chi connectivity index (χ2v) is 4.83. The Kier molecular flexibility index (Phi) is 3.47. The van der Waals surface area contributed by atoms with E-state index in [0.29, 0.717) is 11.7 Å². The Labute approximate surface area is 101 Å². The van der Waals surface area contributed by atoms with Gasteiger partial charge in [-0.15, -0.1) is 0 Å². The molecule has 0 unspecified atom stereocenters. The Hall–Kier alpha value is -1.36. The normalized spacial score (nSPS) is 17.6. The van der Waals surface area contributed by atoms with Crippen LogP contribution >= 0.6 is 0 Å². The molecule has 1 aromatic heterocycles. The minimum Gasteiger partial charge on any atom is -0.475 e. The first-order valence-electron chi connectivity index (χ1n) is 6.01. The van der Waals surface area contributed by atoms with Crippen molar-refractivity contribution >= 4 is 5.82 Å². The first kappa shape index (κ1) is 12.1. The molecule has 1 aliphatic carbocycles. The van der Waals surface area contributed by atoms with Gasteiger partial charge < -0.3 is 15.2 Å². The number of anilines is 1. The van der Waals surface area contributed by atoms with Gasteiger partial charge in [-0.3, -0.25) is 0 Å². The van der Waals surface area contributed by atoms with Gasteiger partial charge in [0.15, 0.2) is 0 Å². The number of aliphatic hydroxyl groups is 1. The van der Waals surface area contributed by atoms with Crippen molar-refractivity contribution < 1.29 is 9.84 Å². The van der Waals surface area contributed by atoms with Crippen LogP contribution in [0.1, 0.15) is 33.1 Å². The molecule has 5 nitrogen and oxygen atoms in total. The zero-order valence-electron chi connectivity index (χ0n) is 10.3. The first-order chi connectivity index (χ1) is 8.13. The number of aliphatic hydroxyl groups excluding tert-OH is 1. The van der Waals surface area contributed by atoms with Gasteiger partial charge in [-0.05, 0) is 33.1 Å². The van der Waals surface area contributed by atoms with E-state index in [-0.39, 0.29) is 18.2 Å². The van der Waals surface area contributed by atoms with Crippen molar-refractivity contribution in [1.82, 2.24) is 9.97 Å². The molecule has 0 radical (unpaired) electrons. The number of rotatable bonds is 5. The lowest BCUT2D eigenvalue weighted by Crippen LogP contribution is -2.48. The number of nitrogens with one attached hydrogen (secondary N) is 1. The molecule has 2 N–H and O–H groups in total. The van der Waals surface area contributed by atoms with Gasteiger partial charge >= 0.3 is 0 Å². The summed E-state index contributed by atoms with van der Waals surface area (Å²) in [6.45, 7) is 4.05. The highest BCUT2D eigenvalue weighted by molar-refractivity contribution is 5.41. The van der Waals surface area contributed by atoms with E-state index in [4.69, 9.17) is 4.74 Å². The summed E-state index contributed by atoms with van der Waals surface area (Å²) in [6.07, 6.45) is 4.67. The molecule has 94 valence electrons. The summed E-state index contributed by atoms with van der Waals surface area (Å²) in [6, 6.07) is 1.77. The van der Waals surface area contributed by atoms with Crippen molar-refractivity contribution in [2.75, 3.05) is 11.9 Å². The van der Waals surface area contributed by atoms with Gasteiger partial charge in [0.05, 0.1) is 18.2 Å². The predicted octanol–water partition coefficient (Wildman–Crippen LogP) is 1.59. The van der Waals surface area contributed by atoms with Crippen molar-refractivity contribution in [3.05, 3.63) is 12.4 Å². The van der Waals surface area contributed by atoms with Gasteiger partial charge in [-0.25, -0.2) is 9.97 Å². The van der Waals surface area contributed by atoms with Gasteiger partial charge in [-0.2, -0.15) is 0 Å². The zero-order chi connectivity index (χ0) is 12.3. The fourth-order valence-corrected chi connectivity index (χ4v) is 1.91. The van der Waals surface area contributed by atoms with E-state index < -0.39 is 0 Å². The standard InChI is InChI=1S/C12H19N3O2/c1-9(2)17-11-6-10(13-8-14-11)15-12(7-16)4-3-5-12/h6,8-9,16H,3-5,7H2,1-2H3,(H,13,14,15). The van der Waals surface area contributed by atoms with E-state index in [0.717, 1.165) is 19.3 Å². The Morgan fingerprint density at radius 1 is 1.47 bits per heavy atom. The Balaban J connectivity index is 2.05. The molecule has 0 bridgehead atoms. The highest BCUT2D eigenvalue weighted by Gasteiger charge is 2.36. The third-order valence-corrected chi connectivity index (χ3v) is 3.00. The van der Waals surface area contributed by atoms with Crippen LogP contribution in [0, 0.1) is 0 Å². The monoisotopic (exact) mass is 237 g/mol. The molecule has 0 aliphatic heterocycles. The molecule has 5 heteroatoms. The zero-order valence-corrected chi connectivity index (χ0v) is 10.3. The molecule has 2 rings (SSSR count). The minimum atomic E-state index is -0.191. The topological polar surface area (TPSA) is 67.3 Å². The number of aromatic nitrogens is 2. The summed E-state index contributed by atoms with van der Waals surface area (Å²) in [5.41, 5.74) is -0.191. The number of hydrogen-bond donors (Lipinski definition) is 2. The Bertz CT molecular complexity index is 372. The molecule has 17 heavy (non-hydrogen) atoms. The van der Waals surface area contributed by atoms with Crippen LogP contribution in [0.2, 0.25) is 0 Å². The van der Waals surface area contributed by atoms with Crippen LogP contribution in [0.5, 0.6) is 5.88 Å². The molecule has 1 heterocycles. The quantitative estimate of drug-likeness (QED) is 0.814. The Morgan fingerprint density at radius 3 is 2.76 bits per heavy atom. The lowest BCUT2D eigenvalue weighted by Gasteiger charge is -2.41. The van der Waals surface area contributed by atoms with E-state index in [9.17, 15) is 5.11 Å². The molecule has 1 fully saturated rings. The van der Waals surface area contributed by atoms with Crippen molar-refractivity contribution in [3.8, 4) is 5.88 Å². The number of ether oxygens (including phenoxy) is 1. The van der Waals surface area contributed by atoms with E-state index in [1.165, 1.54) is 6.33 Å². The van der Waals surface area contributed by atoms with Crippen molar-refractivity contribution in [1.29, 1.82) is 0 Å². The maximum absolute atomic E-state index is 9.38. The largest absolute Gasteiger partial charge is 0.475 e. The highest BCUT2D eigenvalue weighted by Crippen LogP contribution is 2.34. The lowest BCUT2D eigenvalue weighted by molar-refractivity contribution is 0.143. The van der Waals surface area contributed by atoms with Gasteiger partial charge in [0.25, 0.3) is 0 Å². The third kappa shape index (κ3) is 2.85. The summed E-state index contributed by atoms with van der Waals surface area (Å²) in [7, 11) is 0. The maximum Gasteiger partial charge on any atom is 0.218 e. The van der Waals surface area contributed by atoms with Crippen molar-refractivity contribution in [3.63, 3.8) is 0 Å². The second-order valence-electron chi connectivity index (χ2n) is 4.83. The van der Waals surface area contributed by atoms with Crippen LogP contribution < -0.4 is 10.1 Å². The van der Waals surface area contributed by atoms with Crippen LogP contribution in [0.15, 0.2) is 12.4 Å². The minimum absolute atomic E-state index is 0.0910. The first-order valence-corrected chi connectivity index (χ1v) is 6.01. The van der Waals surface area contributed by atoms with Gasteiger partial charge in [0, 0.05) is 6.07 Å². The average Bonchev–Trinajstić information content (AvgIpc) is 2.23. The molecule has 1 aliphatic rings. The van der Waals surface area contributed by atoms with E-state index >= 15 is 0 Å². The Morgan fingerprint density at radius 2 is 2.24 bits per heavy atom. The molecule has 1 saturated carbocycles. The summed E-state index contributed by atoms with van der Waals surface area (Å²) in [5.74, 6) is 1.27. The summed E-state index contributed by atoms with van der Waals surface area (Å²) in [4.78, 5) is 8.19. The molecule has 0 spiro atoms. The van der Waals surface area contributed by atoms with Gasteiger partial charge in [0.2, 0.25) is 5.88 Å². The second kappa shape index (κ2) is 4.87. The van der Waals surface area contributed by atoms with Gasteiger partial charge in [0.1, 0.15) is 12.1 Å². The van der Waals surface area contributed by atoms with Crippen LogP contribution in [-0.4, -0.2) is 33.3 Å². The lowest BCUT2D eigenvalue weighted by atomic mass is 9.77. The summed E-state index contributed by atoms with van der Waals surface area (Å²) < 4.78 is 5.50. The average molecular weight is 237 g/mol. The third-order valence-electron chi connectivity index (χ3n) is 3.00. The van der Waals surface area contributed by atoms with Crippen LogP contribution in [-0.2, 0) is 0 Å². The van der Waals surface area contributed by atoms with Gasteiger partial charge in [-0.1, -0.05) is 0 Å². The summed E-state index contributed by atoms with van der Waals surface area (Å²) in [5, 5.41) is 12.6. The fraction of sp³-hybridized carbons (Fsp3) is 0.667. The fourth-order valence-electron chi connectivity index (χ4n) is 1.91. The number of hydrogen-bond acceptors (Lipinski definition) is 5. The van der Waals surface area contributed by atoms with E-state index in [2.05, 4.69) is 15.3 Å². The van der Waals surface area contributed by atoms with E-state index in [1.54, 1.807) is 6.07 Å². The van der Waals surface area contributed by atoms with Crippen LogP contribution in [0.25, 0.3) is 0 Å². The molecular formula is C12H19N3O2. The maximum atomic E-state index is 9.38. The molecule has 0 saturated heterocycles. The van der Waals surface area contributed by atoms with Crippen molar-refractivity contribution in [2.24, 2.45) is 0 Å². The molecule has 0 atom stereocenters. The van der Waals surface area contributed by atoms with Crippen LogP contribution in [0.4, 0.5) is 5.82 Å². The molecule has 0 amide bonds. The van der Waals surface area contributed by atoms with E-state index in [1.807, 2.05) is 13.8 Å². The SMILES string of the molecule is CC(C)Oc1cc(NC2(CO)CCC2)ncn1. The predicted molar refractivity (Wildman–Crippen MR) is 65.1 cm³/mol. The highest BCUT2D eigenvalue weighted by atomic mass is 16.5. The van der Waals surface area contributed by atoms with Crippen LogP contribution in [0.3, 0.4) is 0 Å². The molecule has 1 aromatic rings.